The fourth-order valence-electron chi connectivity index (χ4n) is 4.31. The smallest absolute Gasteiger partial charge is 0.356 e. The Hall–Kier alpha value is -3.36. The van der Waals surface area contributed by atoms with E-state index in [1.807, 2.05) is 85.1 Å². The molecule has 6 nitrogen and oxygen atoms in total. The molecule has 0 bridgehead atoms. The number of thiophene rings is 1. The number of carbonyl (C=O) groups excluding carboxylic acids is 3. The Morgan fingerprint density at radius 3 is 2.29 bits per heavy atom. The lowest BCUT2D eigenvalue weighted by Gasteiger charge is -2.49. The molecule has 2 aromatic carbocycles. The van der Waals surface area contributed by atoms with Gasteiger partial charge in [0.15, 0.2) is 6.10 Å². The fourth-order valence-corrected chi connectivity index (χ4v) is 6.30. The van der Waals surface area contributed by atoms with Gasteiger partial charge < -0.3 is 10.1 Å². The lowest BCUT2D eigenvalue weighted by molar-refractivity contribution is -0.154. The number of esters is 1. The number of amides is 2. The van der Waals surface area contributed by atoms with Crippen molar-refractivity contribution in [2.45, 2.75) is 30.9 Å². The Balaban J connectivity index is 1.33. The van der Waals surface area contributed by atoms with Crippen molar-refractivity contribution in [2.75, 3.05) is 5.75 Å². The van der Waals surface area contributed by atoms with Gasteiger partial charge in [0, 0.05) is 10.6 Å². The molecular formula is C27H24N2O4S2. The van der Waals surface area contributed by atoms with Crippen LogP contribution in [-0.2, 0) is 25.5 Å². The molecule has 1 fully saturated rings. The van der Waals surface area contributed by atoms with Crippen molar-refractivity contribution in [3.8, 4) is 0 Å². The van der Waals surface area contributed by atoms with E-state index in [0.29, 0.717) is 5.75 Å². The summed E-state index contributed by atoms with van der Waals surface area (Å²) in [5, 5.41) is 4.44. The molecule has 2 atom stereocenters. The van der Waals surface area contributed by atoms with Crippen molar-refractivity contribution in [1.82, 2.24) is 10.2 Å². The zero-order valence-electron chi connectivity index (χ0n) is 19.0. The monoisotopic (exact) mass is 504 g/mol. The van der Waals surface area contributed by atoms with Crippen molar-refractivity contribution in [3.05, 3.63) is 105 Å². The third-order valence-corrected chi connectivity index (χ3v) is 8.31. The number of nitrogens with zero attached hydrogens (tertiary/aromatic N) is 1. The first-order valence-electron chi connectivity index (χ1n) is 11.3. The molecule has 0 aliphatic carbocycles. The summed E-state index contributed by atoms with van der Waals surface area (Å²) in [6.45, 7) is 1.84. The highest BCUT2D eigenvalue weighted by Crippen LogP contribution is 2.41. The third-order valence-electron chi connectivity index (χ3n) is 6.01. The first kappa shape index (κ1) is 23.4. The summed E-state index contributed by atoms with van der Waals surface area (Å²) in [5.74, 6) is -0.446. The Kier molecular flexibility index (Phi) is 6.74. The highest BCUT2D eigenvalue weighted by Gasteiger charge is 2.54. The second-order valence-electron chi connectivity index (χ2n) is 8.45. The van der Waals surface area contributed by atoms with E-state index in [9.17, 15) is 14.4 Å². The summed E-state index contributed by atoms with van der Waals surface area (Å²) in [6, 6.07) is 22.2. The average Bonchev–Trinajstić information content (AvgIpc) is 3.39. The van der Waals surface area contributed by atoms with Crippen LogP contribution in [0.1, 0.15) is 29.0 Å². The minimum atomic E-state index is -0.651. The zero-order chi connectivity index (χ0) is 24.4. The molecule has 8 heteroatoms. The molecule has 1 aromatic heterocycles. The Morgan fingerprint density at radius 1 is 1.03 bits per heavy atom. The number of hydrogen-bond acceptors (Lipinski definition) is 6. The van der Waals surface area contributed by atoms with E-state index in [1.54, 1.807) is 11.8 Å². The molecule has 0 spiro atoms. The predicted octanol–water partition coefficient (Wildman–Crippen LogP) is 4.30. The highest BCUT2D eigenvalue weighted by atomic mass is 32.2. The van der Waals surface area contributed by atoms with Crippen molar-refractivity contribution in [1.29, 1.82) is 0 Å². The van der Waals surface area contributed by atoms with Crippen LogP contribution in [0.25, 0.3) is 0 Å². The van der Waals surface area contributed by atoms with Crippen LogP contribution in [0.15, 0.2) is 89.4 Å². The predicted molar refractivity (Wildman–Crippen MR) is 137 cm³/mol. The van der Waals surface area contributed by atoms with Crippen LogP contribution in [0.3, 0.4) is 0 Å². The maximum atomic E-state index is 13.5. The number of nitrogens with one attached hydrogen (secondary N) is 1. The van der Waals surface area contributed by atoms with Crippen LogP contribution in [-0.4, -0.2) is 39.9 Å². The highest BCUT2D eigenvalue weighted by molar-refractivity contribution is 8.00. The molecule has 2 aliphatic rings. The van der Waals surface area contributed by atoms with Crippen LogP contribution in [0, 0.1) is 0 Å². The topological polar surface area (TPSA) is 75.7 Å². The molecule has 35 heavy (non-hydrogen) atoms. The minimum absolute atomic E-state index is 0.199. The number of hydrogen-bond donors (Lipinski definition) is 1. The van der Waals surface area contributed by atoms with Gasteiger partial charge >= 0.3 is 5.97 Å². The van der Waals surface area contributed by atoms with Gasteiger partial charge in [-0.1, -0.05) is 66.7 Å². The van der Waals surface area contributed by atoms with Crippen molar-refractivity contribution >= 4 is 40.9 Å². The Morgan fingerprint density at radius 2 is 1.69 bits per heavy atom. The number of carbonyl (C=O) groups is 3. The van der Waals surface area contributed by atoms with Crippen molar-refractivity contribution in [3.63, 3.8) is 0 Å². The van der Waals surface area contributed by atoms with Crippen LogP contribution >= 0.6 is 23.1 Å². The SMILES string of the molecule is CC1=C(C(=O)OC(c2ccccc2)c2ccccc2)N2C(=O)C(NC(=O)Cc3cccs3)[C@@H]2SC1. The lowest BCUT2D eigenvalue weighted by atomic mass is 10.0. The maximum Gasteiger partial charge on any atom is 0.356 e. The first-order valence-corrected chi connectivity index (χ1v) is 13.2. The quantitative estimate of drug-likeness (QED) is 0.384. The van der Waals surface area contributed by atoms with Crippen molar-refractivity contribution < 1.29 is 19.1 Å². The van der Waals surface area contributed by atoms with Gasteiger partial charge in [0.1, 0.15) is 17.1 Å². The Labute approximate surface area is 212 Å². The molecule has 1 saturated heterocycles. The molecule has 3 aromatic rings. The largest absolute Gasteiger partial charge is 0.448 e. The fraction of sp³-hybridized carbons (Fsp3) is 0.222. The van der Waals surface area contributed by atoms with E-state index in [2.05, 4.69) is 5.32 Å². The first-order chi connectivity index (χ1) is 17.0. The van der Waals surface area contributed by atoms with Gasteiger partial charge in [-0.3, -0.25) is 14.5 Å². The van der Waals surface area contributed by atoms with E-state index in [1.165, 1.54) is 16.2 Å². The summed E-state index contributed by atoms with van der Waals surface area (Å²) in [6.07, 6.45) is -0.366. The molecule has 1 N–H and O–H groups in total. The Bertz CT molecular complexity index is 1220. The summed E-state index contributed by atoms with van der Waals surface area (Å²) in [5.41, 5.74) is 2.76. The van der Waals surface area contributed by atoms with Gasteiger partial charge in [-0.05, 0) is 35.1 Å². The van der Waals surface area contributed by atoms with E-state index >= 15 is 0 Å². The van der Waals surface area contributed by atoms with Crippen LogP contribution in [0.4, 0.5) is 0 Å². The summed E-state index contributed by atoms with van der Waals surface area (Å²) in [7, 11) is 0. The number of benzene rings is 2. The molecule has 5 rings (SSSR count). The third kappa shape index (κ3) is 4.76. The number of β-lactam (4-membered cyclic amide) rings is 1. The summed E-state index contributed by atoms with van der Waals surface area (Å²) >= 11 is 3.05. The van der Waals surface area contributed by atoms with E-state index < -0.39 is 18.1 Å². The van der Waals surface area contributed by atoms with Gasteiger partial charge in [-0.15, -0.1) is 23.1 Å². The van der Waals surface area contributed by atoms with Crippen LogP contribution in [0.5, 0.6) is 0 Å². The van der Waals surface area contributed by atoms with E-state index in [4.69, 9.17) is 4.74 Å². The molecule has 2 amide bonds. The lowest BCUT2D eigenvalue weighted by Crippen LogP contribution is -2.70. The number of ether oxygens (including phenoxy) is 1. The summed E-state index contributed by atoms with van der Waals surface area (Å²) < 4.78 is 6.03. The maximum absolute atomic E-state index is 13.5. The van der Waals surface area contributed by atoms with Crippen LogP contribution in [0.2, 0.25) is 0 Å². The molecule has 2 aliphatic heterocycles. The molecule has 3 heterocycles. The number of thioether (sulfide) groups is 1. The van der Waals surface area contributed by atoms with E-state index in [0.717, 1.165) is 21.6 Å². The molecule has 1 unspecified atom stereocenters. The number of rotatable bonds is 7. The van der Waals surface area contributed by atoms with Gasteiger partial charge in [0.2, 0.25) is 5.91 Å². The molecule has 178 valence electrons. The van der Waals surface area contributed by atoms with Gasteiger partial charge in [-0.25, -0.2) is 4.79 Å². The standard InChI is InChI=1S/C27H24N2O4S2/c1-17-16-35-26-22(28-21(30)15-20-13-8-14-34-20)25(31)29(26)23(17)27(32)33-24(18-9-4-2-5-10-18)19-11-6-3-7-12-19/h2-14,22,24,26H,15-16H2,1H3,(H,28,30)/t22?,26-/m0/s1. The van der Waals surface area contributed by atoms with E-state index in [-0.39, 0.29) is 29.3 Å². The molecule has 0 saturated carbocycles. The molecular weight excluding hydrogens is 480 g/mol. The number of fused-ring (bicyclic) bond motifs is 1. The molecule has 0 radical (unpaired) electrons. The van der Waals surface area contributed by atoms with Gasteiger partial charge in [0.25, 0.3) is 5.91 Å². The normalized spacial score (nSPS) is 19.3. The minimum Gasteiger partial charge on any atom is -0.448 e. The summed E-state index contributed by atoms with van der Waals surface area (Å²) in [4.78, 5) is 41.5. The second kappa shape index (κ2) is 10.1. The van der Waals surface area contributed by atoms with Crippen molar-refractivity contribution in [2.24, 2.45) is 0 Å². The zero-order valence-corrected chi connectivity index (χ0v) is 20.7. The second-order valence-corrected chi connectivity index (χ2v) is 10.6. The average molecular weight is 505 g/mol. The van der Waals surface area contributed by atoms with Gasteiger partial charge in [-0.2, -0.15) is 0 Å². The van der Waals surface area contributed by atoms with Gasteiger partial charge in [0.05, 0.1) is 6.42 Å². The van der Waals surface area contributed by atoms with Crippen LogP contribution < -0.4 is 5.32 Å².